The Morgan fingerprint density at radius 2 is 1.92 bits per heavy atom. The Labute approximate surface area is 140 Å². The van der Waals surface area contributed by atoms with Gasteiger partial charge in [0.15, 0.2) is 5.76 Å². The van der Waals surface area contributed by atoms with E-state index in [1.165, 1.54) is 0 Å². The van der Waals surface area contributed by atoms with Crippen molar-refractivity contribution in [3.05, 3.63) is 60.3 Å². The first-order valence-electron chi connectivity index (χ1n) is 7.70. The van der Waals surface area contributed by atoms with Gasteiger partial charge in [-0.15, -0.1) is 0 Å². The van der Waals surface area contributed by atoms with E-state index in [1.54, 1.807) is 19.4 Å². The van der Waals surface area contributed by atoms with Crippen molar-refractivity contribution in [2.75, 3.05) is 13.7 Å². The highest BCUT2D eigenvalue weighted by atomic mass is 16.5. The van der Waals surface area contributed by atoms with Gasteiger partial charge < -0.3 is 14.5 Å². The van der Waals surface area contributed by atoms with Gasteiger partial charge in [0.1, 0.15) is 5.75 Å². The highest BCUT2D eigenvalue weighted by molar-refractivity contribution is 6.00. The van der Waals surface area contributed by atoms with Crippen LogP contribution in [0, 0.1) is 0 Å². The van der Waals surface area contributed by atoms with Crippen molar-refractivity contribution in [2.45, 2.75) is 6.92 Å². The lowest BCUT2D eigenvalue weighted by molar-refractivity contribution is 0.0956. The molecule has 0 spiro atoms. The fourth-order valence-corrected chi connectivity index (χ4v) is 2.41. The van der Waals surface area contributed by atoms with E-state index in [-0.39, 0.29) is 5.91 Å². The predicted molar refractivity (Wildman–Crippen MR) is 91.9 cm³/mol. The Hall–Kier alpha value is -3.08. The SMILES string of the molecule is CCNC(=O)c1ccccc1-c1ncc(-c2ccc(OC)cc2)o1. The van der Waals surface area contributed by atoms with Gasteiger partial charge in [0.2, 0.25) is 5.89 Å². The van der Waals surface area contributed by atoms with Gasteiger partial charge in [-0.2, -0.15) is 0 Å². The number of carbonyl (C=O) groups excluding carboxylic acids is 1. The molecule has 3 rings (SSSR count). The smallest absolute Gasteiger partial charge is 0.252 e. The Bertz CT molecular complexity index is 838. The van der Waals surface area contributed by atoms with Crippen LogP contribution >= 0.6 is 0 Å². The fourth-order valence-electron chi connectivity index (χ4n) is 2.41. The molecule has 1 aromatic heterocycles. The van der Waals surface area contributed by atoms with Crippen LogP contribution in [0.15, 0.2) is 59.1 Å². The number of nitrogens with one attached hydrogen (secondary N) is 1. The Morgan fingerprint density at radius 3 is 2.62 bits per heavy atom. The molecule has 5 nitrogen and oxygen atoms in total. The average Bonchev–Trinajstić information content (AvgIpc) is 3.12. The van der Waals surface area contributed by atoms with Gasteiger partial charge in [-0.3, -0.25) is 4.79 Å². The molecule has 1 heterocycles. The molecule has 0 bridgehead atoms. The van der Waals surface area contributed by atoms with Gasteiger partial charge in [-0.05, 0) is 43.3 Å². The number of aromatic nitrogens is 1. The van der Waals surface area contributed by atoms with Crippen molar-refractivity contribution in [1.29, 1.82) is 0 Å². The summed E-state index contributed by atoms with van der Waals surface area (Å²) >= 11 is 0. The third-order valence-corrected chi connectivity index (χ3v) is 3.62. The summed E-state index contributed by atoms with van der Waals surface area (Å²) in [5.41, 5.74) is 2.11. The third-order valence-electron chi connectivity index (χ3n) is 3.62. The standard InChI is InChI=1S/C19H18N2O3/c1-3-20-18(22)15-6-4-5-7-16(15)19-21-12-17(24-19)13-8-10-14(23-2)11-9-13/h4-12H,3H2,1-2H3,(H,20,22). The number of hydrogen-bond donors (Lipinski definition) is 1. The average molecular weight is 322 g/mol. The molecule has 24 heavy (non-hydrogen) atoms. The van der Waals surface area contributed by atoms with Crippen LogP contribution in [0.3, 0.4) is 0 Å². The molecule has 0 fully saturated rings. The lowest BCUT2D eigenvalue weighted by atomic mass is 10.1. The zero-order chi connectivity index (χ0) is 16.9. The van der Waals surface area contributed by atoms with Crippen LogP contribution in [-0.4, -0.2) is 24.5 Å². The number of ether oxygens (including phenoxy) is 1. The van der Waals surface area contributed by atoms with Gasteiger partial charge in [-0.1, -0.05) is 12.1 Å². The van der Waals surface area contributed by atoms with Crippen LogP contribution in [0.4, 0.5) is 0 Å². The topological polar surface area (TPSA) is 64.4 Å². The number of rotatable bonds is 5. The van der Waals surface area contributed by atoms with Crippen molar-refractivity contribution in [1.82, 2.24) is 10.3 Å². The van der Waals surface area contributed by atoms with Crippen molar-refractivity contribution >= 4 is 5.91 Å². The molecule has 1 N–H and O–H groups in total. The van der Waals surface area contributed by atoms with Crippen molar-refractivity contribution in [3.63, 3.8) is 0 Å². The zero-order valence-electron chi connectivity index (χ0n) is 13.6. The zero-order valence-corrected chi connectivity index (χ0v) is 13.6. The van der Waals surface area contributed by atoms with Crippen LogP contribution in [0.5, 0.6) is 5.75 Å². The van der Waals surface area contributed by atoms with Gasteiger partial charge in [0, 0.05) is 17.7 Å². The van der Waals surface area contributed by atoms with E-state index in [1.807, 2.05) is 49.4 Å². The molecule has 3 aromatic rings. The van der Waals surface area contributed by atoms with Crippen molar-refractivity contribution in [3.8, 4) is 28.5 Å². The predicted octanol–water partition coefficient (Wildman–Crippen LogP) is 3.77. The molecule has 1 amide bonds. The second-order valence-corrected chi connectivity index (χ2v) is 5.16. The molecule has 0 aliphatic heterocycles. The van der Waals surface area contributed by atoms with Crippen molar-refractivity contribution < 1.29 is 13.9 Å². The van der Waals surface area contributed by atoms with Gasteiger partial charge in [0.25, 0.3) is 5.91 Å². The summed E-state index contributed by atoms with van der Waals surface area (Å²) < 4.78 is 11.0. The summed E-state index contributed by atoms with van der Waals surface area (Å²) in [6.45, 7) is 2.45. The fraction of sp³-hybridized carbons (Fsp3) is 0.158. The number of oxazole rings is 1. The molecule has 0 saturated carbocycles. The Kier molecular flexibility index (Phi) is 4.61. The van der Waals surface area contributed by atoms with Crippen LogP contribution in [0.1, 0.15) is 17.3 Å². The number of amides is 1. The maximum atomic E-state index is 12.2. The quantitative estimate of drug-likeness (QED) is 0.776. The van der Waals surface area contributed by atoms with E-state index in [0.717, 1.165) is 11.3 Å². The molecule has 0 radical (unpaired) electrons. The summed E-state index contributed by atoms with van der Waals surface area (Å²) in [6, 6.07) is 14.8. The van der Waals surface area contributed by atoms with E-state index < -0.39 is 0 Å². The molecule has 0 aliphatic rings. The van der Waals surface area contributed by atoms with E-state index in [2.05, 4.69) is 10.3 Å². The molecule has 2 aromatic carbocycles. The molecule has 5 heteroatoms. The summed E-state index contributed by atoms with van der Waals surface area (Å²) in [7, 11) is 1.62. The summed E-state index contributed by atoms with van der Waals surface area (Å²) in [5.74, 6) is 1.69. The summed E-state index contributed by atoms with van der Waals surface area (Å²) in [6.07, 6.45) is 1.66. The first-order chi connectivity index (χ1) is 11.7. The number of benzene rings is 2. The molecular formula is C19H18N2O3. The molecular weight excluding hydrogens is 304 g/mol. The lowest BCUT2D eigenvalue weighted by Gasteiger charge is -2.06. The second-order valence-electron chi connectivity index (χ2n) is 5.16. The highest BCUT2D eigenvalue weighted by Crippen LogP contribution is 2.29. The van der Waals surface area contributed by atoms with Gasteiger partial charge >= 0.3 is 0 Å². The van der Waals surface area contributed by atoms with Gasteiger partial charge in [0.05, 0.1) is 18.9 Å². The largest absolute Gasteiger partial charge is 0.497 e. The molecule has 0 atom stereocenters. The monoisotopic (exact) mass is 322 g/mol. The van der Waals surface area contributed by atoms with Crippen LogP contribution < -0.4 is 10.1 Å². The minimum Gasteiger partial charge on any atom is -0.497 e. The number of nitrogens with zero attached hydrogens (tertiary/aromatic N) is 1. The van der Waals surface area contributed by atoms with E-state index in [0.29, 0.717) is 29.3 Å². The maximum absolute atomic E-state index is 12.2. The number of methoxy groups -OCH3 is 1. The maximum Gasteiger partial charge on any atom is 0.252 e. The van der Waals surface area contributed by atoms with Crippen LogP contribution in [0.2, 0.25) is 0 Å². The molecule has 0 aliphatic carbocycles. The minimum absolute atomic E-state index is 0.141. The van der Waals surface area contributed by atoms with E-state index in [9.17, 15) is 4.79 Å². The van der Waals surface area contributed by atoms with E-state index in [4.69, 9.17) is 9.15 Å². The summed E-state index contributed by atoms with van der Waals surface area (Å²) in [5, 5.41) is 2.80. The van der Waals surface area contributed by atoms with Gasteiger partial charge in [-0.25, -0.2) is 4.98 Å². The molecule has 0 saturated heterocycles. The first-order valence-corrected chi connectivity index (χ1v) is 7.70. The van der Waals surface area contributed by atoms with Crippen molar-refractivity contribution in [2.24, 2.45) is 0 Å². The second kappa shape index (κ2) is 7.00. The molecule has 0 unspecified atom stereocenters. The van der Waals surface area contributed by atoms with Crippen LogP contribution in [0.25, 0.3) is 22.8 Å². The number of hydrogen-bond acceptors (Lipinski definition) is 4. The third kappa shape index (κ3) is 3.15. The van der Waals surface area contributed by atoms with E-state index >= 15 is 0 Å². The lowest BCUT2D eigenvalue weighted by Crippen LogP contribution is -2.23. The summed E-state index contributed by atoms with van der Waals surface area (Å²) in [4.78, 5) is 16.5. The Balaban J connectivity index is 1.94. The minimum atomic E-state index is -0.141. The first kappa shape index (κ1) is 15.8. The van der Waals surface area contributed by atoms with Crippen LogP contribution in [-0.2, 0) is 0 Å². The normalized spacial score (nSPS) is 10.4. The Morgan fingerprint density at radius 1 is 1.17 bits per heavy atom. The number of carbonyl (C=O) groups is 1. The molecule has 122 valence electrons. The highest BCUT2D eigenvalue weighted by Gasteiger charge is 2.16.